The predicted molar refractivity (Wildman–Crippen MR) is 50.2 cm³/mol. The van der Waals surface area contributed by atoms with Crippen molar-refractivity contribution in [3.63, 3.8) is 0 Å². The summed E-state index contributed by atoms with van der Waals surface area (Å²) in [6.45, 7) is 4.69. The lowest BCUT2D eigenvalue weighted by molar-refractivity contribution is 0.732. The Bertz CT molecular complexity index is 441. The second kappa shape index (κ2) is 3.09. The molecule has 0 amide bonds. The van der Waals surface area contributed by atoms with E-state index in [1.165, 1.54) is 0 Å². The zero-order valence-corrected chi connectivity index (χ0v) is 8.02. The number of nitrogens with two attached hydrogens (primary N) is 1. The van der Waals surface area contributed by atoms with Crippen LogP contribution in [0.15, 0.2) is 0 Å². The summed E-state index contributed by atoms with van der Waals surface area (Å²) < 4.78 is 1.93. The number of H-pyrrole nitrogens is 1. The maximum Gasteiger partial charge on any atom is 0.239 e. The minimum absolute atomic E-state index is 0.211. The molecule has 0 atom stereocenters. The smallest absolute Gasteiger partial charge is 0.239 e. The van der Waals surface area contributed by atoms with Gasteiger partial charge in [-0.25, -0.2) is 0 Å². The SMILES string of the molecule is CCn1c(C)nnc1-c1nc(N)n[nH]1. The van der Waals surface area contributed by atoms with Crippen LogP contribution in [0, 0.1) is 6.92 Å². The molecule has 2 aromatic heterocycles. The van der Waals surface area contributed by atoms with E-state index in [9.17, 15) is 0 Å². The third-order valence-electron chi connectivity index (χ3n) is 1.97. The van der Waals surface area contributed by atoms with E-state index < -0.39 is 0 Å². The van der Waals surface area contributed by atoms with Crippen LogP contribution in [-0.2, 0) is 6.54 Å². The fraction of sp³-hybridized carbons (Fsp3) is 0.429. The Morgan fingerprint density at radius 3 is 2.79 bits per heavy atom. The van der Waals surface area contributed by atoms with Gasteiger partial charge in [0.2, 0.25) is 11.8 Å². The van der Waals surface area contributed by atoms with E-state index in [0.717, 1.165) is 12.4 Å². The molecule has 0 aromatic carbocycles. The maximum atomic E-state index is 5.40. The minimum Gasteiger partial charge on any atom is -0.366 e. The average Bonchev–Trinajstić information content (AvgIpc) is 2.71. The van der Waals surface area contributed by atoms with Gasteiger partial charge >= 0.3 is 0 Å². The summed E-state index contributed by atoms with van der Waals surface area (Å²) >= 11 is 0. The van der Waals surface area contributed by atoms with E-state index >= 15 is 0 Å². The largest absolute Gasteiger partial charge is 0.366 e. The number of nitrogens with one attached hydrogen (secondary N) is 1. The lowest BCUT2D eigenvalue weighted by Gasteiger charge is -2.00. The zero-order chi connectivity index (χ0) is 10.1. The highest BCUT2D eigenvalue weighted by molar-refractivity contribution is 5.45. The number of hydrogen-bond acceptors (Lipinski definition) is 5. The van der Waals surface area contributed by atoms with Gasteiger partial charge < -0.3 is 10.3 Å². The van der Waals surface area contributed by atoms with E-state index in [-0.39, 0.29) is 5.95 Å². The molecule has 3 N–H and O–H groups in total. The zero-order valence-electron chi connectivity index (χ0n) is 8.02. The van der Waals surface area contributed by atoms with Crippen molar-refractivity contribution < 1.29 is 0 Å². The summed E-state index contributed by atoms with van der Waals surface area (Å²) in [7, 11) is 0. The summed E-state index contributed by atoms with van der Waals surface area (Å²) in [5.41, 5.74) is 5.40. The number of nitrogen functional groups attached to an aromatic ring is 1. The Hall–Kier alpha value is -1.92. The molecule has 0 saturated heterocycles. The molecule has 7 heteroatoms. The summed E-state index contributed by atoms with van der Waals surface area (Å²) in [6, 6.07) is 0. The lowest BCUT2D eigenvalue weighted by Crippen LogP contribution is -2.00. The number of nitrogens with zero attached hydrogens (tertiary/aromatic N) is 5. The highest BCUT2D eigenvalue weighted by Gasteiger charge is 2.12. The molecule has 7 nitrogen and oxygen atoms in total. The van der Waals surface area contributed by atoms with Gasteiger partial charge in [0, 0.05) is 6.54 Å². The molecule has 0 aliphatic rings. The normalized spacial score (nSPS) is 10.7. The molecule has 2 rings (SSSR count). The molecule has 0 spiro atoms. The maximum absolute atomic E-state index is 5.40. The third kappa shape index (κ3) is 1.22. The number of aromatic amines is 1. The van der Waals surface area contributed by atoms with Crippen LogP contribution in [0.4, 0.5) is 5.95 Å². The van der Waals surface area contributed by atoms with Crippen molar-refractivity contribution in [3.05, 3.63) is 5.82 Å². The number of aryl methyl sites for hydroxylation is 1. The molecule has 0 fully saturated rings. The molecule has 0 aliphatic carbocycles. The molecule has 2 aromatic rings. The molecule has 0 bridgehead atoms. The first-order valence-corrected chi connectivity index (χ1v) is 4.30. The van der Waals surface area contributed by atoms with Crippen LogP contribution in [0.2, 0.25) is 0 Å². The van der Waals surface area contributed by atoms with Gasteiger partial charge in [-0.15, -0.1) is 15.3 Å². The van der Waals surface area contributed by atoms with Crippen LogP contribution in [0.1, 0.15) is 12.7 Å². The summed E-state index contributed by atoms with van der Waals surface area (Å²) in [6.07, 6.45) is 0. The number of rotatable bonds is 2. The van der Waals surface area contributed by atoms with Crippen molar-refractivity contribution in [1.29, 1.82) is 0 Å². The van der Waals surface area contributed by atoms with E-state index in [1.54, 1.807) is 0 Å². The van der Waals surface area contributed by atoms with E-state index in [1.807, 2.05) is 18.4 Å². The Morgan fingerprint density at radius 1 is 1.43 bits per heavy atom. The quantitative estimate of drug-likeness (QED) is 0.698. The standard InChI is InChI=1S/C7H11N7/c1-3-14-4(2)10-12-6(14)5-9-7(8)13-11-5/h3H2,1-2H3,(H3,8,9,11,13). The van der Waals surface area contributed by atoms with Gasteiger partial charge in [-0.2, -0.15) is 4.98 Å². The van der Waals surface area contributed by atoms with Gasteiger partial charge in [-0.3, -0.25) is 5.10 Å². The van der Waals surface area contributed by atoms with Gasteiger partial charge in [-0.05, 0) is 13.8 Å². The van der Waals surface area contributed by atoms with Crippen LogP contribution < -0.4 is 5.73 Å². The van der Waals surface area contributed by atoms with Crippen LogP contribution in [0.3, 0.4) is 0 Å². The van der Waals surface area contributed by atoms with Crippen LogP contribution in [0.25, 0.3) is 11.6 Å². The molecule has 0 saturated carbocycles. The molecule has 2 heterocycles. The fourth-order valence-corrected chi connectivity index (χ4v) is 1.31. The van der Waals surface area contributed by atoms with Gasteiger partial charge in [0.05, 0.1) is 0 Å². The first-order chi connectivity index (χ1) is 6.72. The van der Waals surface area contributed by atoms with Gasteiger partial charge in [0.1, 0.15) is 5.82 Å². The third-order valence-corrected chi connectivity index (χ3v) is 1.97. The number of hydrogen-bond donors (Lipinski definition) is 2. The molecule has 14 heavy (non-hydrogen) atoms. The molecular formula is C7H11N7. The fourth-order valence-electron chi connectivity index (χ4n) is 1.31. The van der Waals surface area contributed by atoms with Crippen LogP contribution in [0.5, 0.6) is 0 Å². The average molecular weight is 193 g/mol. The van der Waals surface area contributed by atoms with E-state index in [2.05, 4.69) is 25.4 Å². The van der Waals surface area contributed by atoms with Gasteiger partial charge in [0.15, 0.2) is 5.82 Å². The second-order valence-electron chi connectivity index (χ2n) is 2.86. The Labute approximate surface area is 80.4 Å². The molecule has 74 valence electrons. The number of aromatic nitrogens is 6. The summed E-state index contributed by atoms with van der Waals surface area (Å²) in [4.78, 5) is 3.99. The van der Waals surface area contributed by atoms with Crippen LogP contribution >= 0.6 is 0 Å². The second-order valence-corrected chi connectivity index (χ2v) is 2.86. The molecular weight excluding hydrogens is 182 g/mol. The van der Waals surface area contributed by atoms with Crippen molar-refractivity contribution in [1.82, 2.24) is 29.9 Å². The van der Waals surface area contributed by atoms with E-state index in [4.69, 9.17) is 5.73 Å². The van der Waals surface area contributed by atoms with Gasteiger partial charge in [0.25, 0.3) is 0 Å². The van der Waals surface area contributed by atoms with Crippen molar-refractivity contribution in [3.8, 4) is 11.6 Å². The topological polar surface area (TPSA) is 98.3 Å². The number of anilines is 1. The van der Waals surface area contributed by atoms with Crippen molar-refractivity contribution in [2.24, 2.45) is 0 Å². The van der Waals surface area contributed by atoms with Crippen molar-refractivity contribution >= 4 is 5.95 Å². The molecule has 0 radical (unpaired) electrons. The summed E-state index contributed by atoms with van der Waals surface area (Å²) in [5.74, 6) is 2.26. The lowest BCUT2D eigenvalue weighted by atomic mass is 10.5. The highest BCUT2D eigenvalue weighted by atomic mass is 15.3. The Morgan fingerprint density at radius 2 is 2.21 bits per heavy atom. The summed E-state index contributed by atoms with van der Waals surface area (Å²) in [5, 5.41) is 14.4. The monoisotopic (exact) mass is 193 g/mol. The van der Waals surface area contributed by atoms with Crippen molar-refractivity contribution in [2.75, 3.05) is 5.73 Å². The first-order valence-electron chi connectivity index (χ1n) is 4.30. The Kier molecular flexibility index (Phi) is 1.91. The molecule has 0 aliphatic heterocycles. The van der Waals surface area contributed by atoms with E-state index in [0.29, 0.717) is 11.6 Å². The highest BCUT2D eigenvalue weighted by Crippen LogP contribution is 2.13. The predicted octanol–water partition coefficient (Wildman–Crippen LogP) is -0.0263. The van der Waals surface area contributed by atoms with Crippen LogP contribution in [-0.4, -0.2) is 29.9 Å². The Balaban J connectivity index is 2.51. The van der Waals surface area contributed by atoms with Gasteiger partial charge in [-0.1, -0.05) is 0 Å². The minimum atomic E-state index is 0.211. The molecule has 0 unspecified atom stereocenters. The van der Waals surface area contributed by atoms with Crippen molar-refractivity contribution in [2.45, 2.75) is 20.4 Å². The first kappa shape index (κ1) is 8.67.